The molecule has 0 saturated carbocycles. The molecule has 0 radical (unpaired) electrons. The molecule has 1 aromatic rings. The van der Waals surface area contributed by atoms with Gasteiger partial charge in [0, 0.05) is 23.7 Å². The van der Waals surface area contributed by atoms with Crippen LogP contribution in [0.15, 0.2) is 23.1 Å². The van der Waals surface area contributed by atoms with Gasteiger partial charge in [-0.3, -0.25) is 9.59 Å². The van der Waals surface area contributed by atoms with Crippen LogP contribution in [0.25, 0.3) is 0 Å². The molecule has 7 heteroatoms. The molecule has 5 nitrogen and oxygen atoms in total. The molecule has 1 heterocycles. The molecular weight excluding hydrogens is 310 g/mol. The Bertz CT molecular complexity index is 553. The minimum Gasteiger partial charge on any atom is -0.399 e. The standard InChI is InChI=1S/C14H18ClN3O2S/c15-11-6-10(16)3-4-12(11)21-8-13(19)18-5-1-2-9(7-18)14(17)20/h3-4,6,9H,1-2,5,7-8,16H2,(H2,17,20). The van der Waals surface area contributed by atoms with Gasteiger partial charge in [-0.1, -0.05) is 11.6 Å². The number of nitrogen functional groups attached to an aromatic ring is 1. The first-order chi connectivity index (χ1) is 9.97. The first-order valence-electron chi connectivity index (χ1n) is 6.72. The van der Waals surface area contributed by atoms with Crippen molar-refractivity contribution in [3.05, 3.63) is 23.2 Å². The van der Waals surface area contributed by atoms with Crippen LogP contribution in [0.4, 0.5) is 5.69 Å². The van der Waals surface area contributed by atoms with Gasteiger partial charge in [-0.2, -0.15) is 0 Å². The van der Waals surface area contributed by atoms with Crippen LogP contribution in [0.1, 0.15) is 12.8 Å². The van der Waals surface area contributed by atoms with E-state index in [0.717, 1.165) is 17.7 Å². The third-order valence-electron chi connectivity index (χ3n) is 3.48. The minimum atomic E-state index is -0.332. The van der Waals surface area contributed by atoms with Crippen molar-refractivity contribution >= 4 is 40.9 Å². The maximum absolute atomic E-state index is 12.2. The summed E-state index contributed by atoms with van der Waals surface area (Å²) in [5.74, 6) is -0.275. The van der Waals surface area contributed by atoms with E-state index in [1.807, 2.05) is 0 Å². The SMILES string of the molecule is NC(=O)C1CCCN(C(=O)CSc2ccc(N)cc2Cl)C1. The second-order valence-electron chi connectivity index (χ2n) is 5.06. The molecule has 21 heavy (non-hydrogen) atoms. The van der Waals surface area contributed by atoms with E-state index in [2.05, 4.69) is 0 Å². The van der Waals surface area contributed by atoms with E-state index in [1.165, 1.54) is 11.8 Å². The first-order valence-corrected chi connectivity index (χ1v) is 8.08. The number of thioether (sulfide) groups is 1. The summed E-state index contributed by atoms with van der Waals surface area (Å²) < 4.78 is 0. The number of piperidine rings is 1. The van der Waals surface area contributed by atoms with E-state index in [1.54, 1.807) is 23.1 Å². The average Bonchev–Trinajstić information content (AvgIpc) is 2.46. The van der Waals surface area contributed by atoms with Crippen LogP contribution in [-0.4, -0.2) is 35.6 Å². The molecule has 2 rings (SSSR count). The Labute approximate surface area is 133 Å². The normalized spacial score (nSPS) is 18.5. The zero-order chi connectivity index (χ0) is 15.4. The summed E-state index contributed by atoms with van der Waals surface area (Å²) in [7, 11) is 0. The quantitative estimate of drug-likeness (QED) is 0.651. The van der Waals surface area contributed by atoms with Crippen molar-refractivity contribution in [3.63, 3.8) is 0 Å². The molecule has 0 aromatic heterocycles. The molecule has 0 aliphatic carbocycles. The lowest BCUT2D eigenvalue weighted by atomic mass is 9.97. The van der Waals surface area contributed by atoms with Crippen LogP contribution in [0.5, 0.6) is 0 Å². The number of likely N-dealkylation sites (tertiary alicyclic amines) is 1. The molecule has 4 N–H and O–H groups in total. The Hall–Kier alpha value is -1.40. The topological polar surface area (TPSA) is 89.4 Å². The van der Waals surface area contributed by atoms with Crippen molar-refractivity contribution in [1.82, 2.24) is 4.90 Å². The number of hydrogen-bond acceptors (Lipinski definition) is 4. The number of carbonyl (C=O) groups excluding carboxylic acids is 2. The Morgan fingerprint density at radius 2 is 2.19 bits per heavy atom. The number of benzene rings is 1. The van der Waals surface area contributed by atoms with Gasteiger partial charge >= 0.3 is 0 Å². The Morgan fingerprint density at radius 3 is 2.86 bits per heavy atom. The Kier molecular flexibility index (Phi) is 5.36. The molecule has 114 valence electrons. The van der Waals surface area contributed by atoms with Crippen molar-refractivity contribution in [2.75, 3.05) is 24.6 Å². The van der Waals surface area contributed by atoms with Crippen LogP contribution in [-0.2, 0) is 9.59 Å². The molecule has 1 atom stereocenters. The lowest BCUT2D eigenvalue weighted by molar-refractivity contribution is -0.132. The van der Waals surface area contributed by atoms with Crippen LogP contribution < -0.4 is 11.5 Å². The van der Waals surface area contributed by atoms with Crippen molar-refractivity contribution < 1.29 is 9.59 Å². The van der Waals surface area contributed by atoms with Gasteiger partial charge in [0.1, 0.15) is 0 Å². The fraction of sp³-hybridized carbons (Fsp3) is 0.429. The smallest absolute Gasteiger partial charge is 0.232 e. The highest BCUT2D eigenvalue weighted by Crippen LogP contribution is 2.29. The Balaban J connectivity index is 1.90. The maximum Gasteiger partial charge on any atom is 0.232 e. The van der Waals surface area contributed by atoms with E-state index >= 15 is 0 Å². The number of hydrogen-bond donors (Lipinski definition) is 2. The number of nitrogens with zero attached hydrogens (tertiary/aromatic N) is 1. The largest absolute Gasteiger partial charge is 0.399 e. The first kappa shape index (κ1) is 16.0. The maximum atomic E-state index is 12.2. The molecular formula is C14H18ClN3O2S. The van der Waals surface area contributed by atoms with Gasteiger partial charge in [-0.15, -0.1) is 11.8 Å². The highest BCUT2D eigenvalue weighted by atomic mass is 35.5. The zero-order valence-corrected chi connectivity index (χ0v) is 13.1. The number of halogens is 1. The van der Waals surface area contributed by atoms with Gasteiger partial charge in [0.05, 0.1) is 16.7 Å². The van der Waals surface area contributed by atoms with Crippen molar-refractivity contribution in [3.8, 4) is 0 Å². The molecule has 1 aliphatic rings. The minimum absolute atomic E-state index is 0.00107. The van der Waals surface area contributed by atoms with Gasteiger partial charge < -0.3 is 16.4 Å². The summed E-state index contributed by atoms with van der Waals surface area (Å²) in [4.78, 5) is 26.0. The summed E-state index contributed by atoms with van der Waals surface area (Å²) in [5.41, 5.74) is 11.5. The monoisotopic (exact) mass is 327 g/mol. The summed E-state index contributed by atoms with van der Waals surface area (Å²) in [6.45, 7) is 1.10. The van der Waals surface area contributed by atoms with Crippen LogP contribution in [0, 0.1) is 5.92 Å². The lowest BCUT2D eigenvalue weighted by Gasteiger charge is -2.31. The summed E-state index contributed by atoms with van der Waals surface area (Å²) in [6, 6.07) is 5.22. The number of amides is 2. The predicted octanol–water partition coefficient (Wildman–Crippen LogP) is 1.74. The number of rotatable bonds is 4. The van der Waals surface area contributed by atoms with Crippen molar-refractivity contribution in [1.29, 1.82) is 0 Å². The summed E-state index contributed by atoms with van der Waals surface area (Å²) in [6.07, 6.45) is 1.57. The van der Waals surface area contributed by atoms with E-state index in [-0.39, 0.29) is 23.5 Å². The molecule has 0 bridgehead atoms. The van der Waals surface area contributed by atoms with Gasteiger partial charge in [-0.25, -0.2) is 0 Å². The van der Waals surface area contributed by atoms with E-state index in [4.69, 9.17) is 23.1 Å². The Morgan fingerprint density at radius 1 is 1.43 bits per heavy atom. The highest BCUT2D eigenvalue weighted by Gasteiger charge is 2.26. The van der Waals surface area contributed by atoms with E-state index in [9.17, 15) is 9.59 Å². The van der Waals surface area contributed by atoms with E-state index in [0.29, 0.717) is 23.8 Å². The van der Waals surface area contributed by atoms with Crippen LogP contribution in [0.3, 0.4) is 0 Å². The van der Waals surface area contributed by atoms with Crippen molar-refractivity contribution in [2.45, 2.75) is 17.7 Å². The van der Waals surface area contributed by atoms with Crippen LogP contribution in [0.2, 0.25) is 5.02 Å². The van der Waals surface area contributed by atoms with Gasteiger partial charge in [0.15, 0.2) is 0 Å². The number of anilines is 1. The zero-order valence-electron chi connectivity index (χ0n) is 11.5. The molecule has 2 amide bonds. The lowest BCUT2D eigenvalue weighted by Crippen LogP contribution is -2.44. The third-order valence-corrected chi connectivity index (χ3v) is 4.97. The summed E-state index contributed by atoms with van der Waals surface area (Å²) >= 11 is 7.45. The molecule has 0 spiro atoms. The number of carbonyl (C=O) groups is 2. The molecule has 1 aromatic carbocycles. The fourth-order valence-electron chi connectivity index (χ4n) is 2.30. The van der Waals surface area contributed by atoms with Gasteiger partial charge in [-0.05, 0) is 31.0 Å². The molecule has 1 fully saturated rings. The van der Waals surface area contributed by atoms with Gasteiger partial charge in [0.2, 0.25) is 11.8 Å². The molecule has 1 saturated heterocycles. The van der Waals surface area contributed by atoms with Crippen molar-refractivity contribution in [2.24, 2.45) is 11.7 Å². The third kappa shape index (κ3) is 4.28. The molecule has 1 unspecified atom stereocenters. The number of nitrogens with two attached hydrogens (primary N) is 2. The number of primary amides is 1. The second kappa shape index (κ2) is 7.04. The van der Waals surface area contributed by atoms with Crippen LogP contribution >= 0.6 is 23.4 Å². The predicted molar refractivity (Wildman–Crippen MR) is 85.1 cm³/mol. The molecule has 1 aliphatic heterocycles. The summed E-state index contributed by atoms with van der Waals surface area (Å²) in [5, 5.41) is 0.543. The van der Waals surface area contributed by atoms with Gasteiger partial charge in [0.25, 0.3) is 0 Å². The highest BCUT2D eigenvalue weighted by molar-refractivity contribution is 8.00. The second-order valence-corrected chi connectivity index (χ2v) is 6.48. The average molecular weight is 328 g/mol. The van der Waals surface area contributed by atoms with E-state index < -0.39 is 0 Å². The fourth-order valence-corrected chi connectivity index (χ4v) is 3.48.